The van der Waals surface area contributed by atoms with E-state index in [1.165, 1.54) is 13.3 Å². The summed E-state index contributed by atoms with van der Waals surface area (Å²) in [6, 6.07) is 6.50. The second-order valence-corrected chi connectivity index (χ2v) is 5.49. The predicted octanol–water partition coefficient (Wildman–Crippen LogP) is 3.97. The highest BCUT2D eigenvalue weighted by Gasteiger charge is 2.31. The van der Waals surface area contributed by atoms with Crippen molar-refractivity contribution < 1.29 is 17.9 Å². The molecule has 0 aliphatic heterocycles. The highest BCUT2D eigenvalue weighted by atomic mass is 19.4. The zero-order valence-electron chi connectivity index (χ0n) is 13.8. The van der Waals surface area contributed by atoms with Crippen molar-refractivity contribution in [2.24, 2.45) is 0 Å². The molecule has 130 valence electrons. The molecule has 0 saturated heterocycles. The second kappa shape index (κ2) is 6.19. The number of hydrogen-bond donors (Lipinski definition) is 0. The fraction of sp³-hybridized carbons (Fsp3) is 0.235. The first-order valence-electron chi connectivity index (χ1n) is 7.41. The molecule has 0 spiro atoms. The van der Waals surface area contributed by atoms with Crippen molar-refractivity contribution in [3.05, 3.63) is 53.6 Å². The van der Waals surface area contributed by atoms with Crippen LogP contribution in [0.5, 0.6) is 5.75 Å². The van der Waals surface area contributed by atoms with Crippen LogP contribution in [0.3, 0.4) is 0 Å². The molecule has 2 heterocycles. The van der Waals surface area contributed by atoms with Crippen LogP contribution in [0.1, 0.15) is 17.0 Å². The van der Waals surface area contributed by atoms with E-state index in [1.54, 1.807) is 17.6 Å². The lowest BCUT2D eigenvalue weighted by Crippen LogP contribution is -2.08. The molecule has 0 aliphatic carbocycles. The van der Waals surface area contributed by atoms with Gasteiger partial charge >= 0.3 is 6.18 Å². The van der Waals surface area contributed by atoms with Crippen molar-refractivity contribution in [1.82, 2.24) is 19.7 Å². The molecule has 0 atom stereocenters. The number of para-hydroxylation sites is 1. The molecule has 25 heavy (non-hydrogen) atoms. The molecule has 0 bridgehead atoms. The normalized spacial score (nSPS) is 11.6. The van der Waals surface area contributed by atoms with Crippen molar-refractivity contribution in [1.29, 1.82) is 0 Å². The minimum absolute atomic E-state index is 0.223. The summed E-state index contributed by atoms with van der Waals surface area (Å²) in [4.78, 5) is 3.70. The lowest BCUT2D eigenvalue weighted by Gasteiger charge is -2.16. The van der Waals surface area contributed by atoms with Crippen molar-refractivity contribution in [3.63, 3.8) is 0 Å². The van der Waals surface area contributed by atoms with E-state index in [1.807, 2.05) is 19.1 Å². The third-order valence-corrected chi connectivity index (χ3v) is 3.79. The third-order valence-electron chi connectivity index (χ3n) is 3.79. The molecule has 0 unspecified atom stereocenters. The first-order chi connectivity index (χ1) is 11.8. The fourth-order valence-electron chi connectivity index (χ4n) is 2.62. The Bertz CT molecular complexity index is 918. The maximum atomic E-state index is 13.0. The Morgan fingerprint density at radius 2 is 1.84 bits per heavy atom. The van der Waals surface area contributed by atoms with Gasteiger partial charge < -0.3 is 4.74 Å². The van der Waals surface area contributed by atoms with Crippen LogP contribution >= 0.6 is 0 Å². The summed E-state index contributed by atoms with van der Waals surface area (Å²) in [7, 11) is 1.53. The minimum atomic E-state index is -4.48. The van der Waals surface area contributed by atoms with E-state index in [9.17, 15) is 13.2 Å². The molecule has 2 aromatic heterocycles. The van der Waals surface area contributed by atoms with Gasteiger partial charge in [-0.25, -0.2) is 0 Å². The minimum Gasteiger partial charge on any atom is -0.495 e. The highest BCUT2D eigenvalue weighted by Crippen LogP contribution is 2.34. The average Bonchev–Trinajstić information content (AvgIpc) is 2.95. The second-order valence-electron chi connectivity index (χ2n) is 5.49. The number of benzene rings is 1. The maximum Gasteiger partial charge on any atom is 0.417 e. The van der Waals surface area contributed by atoms with Crippen LogP contribution in [0.2, 0.25) is 0 Å². The molecule has 3 rings (SSSR count). The van der Waals surface area contributed by atoms with E-state index in [4.69, 9.17) is 4.74 Å². The number of aromatic nitrogens is 4. The van der Waals surface area contributed by atoms with Gasteiger partial charge in [-0.05, 0) is 31.5 Å². The third kappa shape index (κ3) is 3.07. The Hall–Kier alpha value is -2.90. The number of ether oxygens (including phenoxy) is 1. The molecule has 0 saturated carbocycles. The molecular weight excluding hydrogens is 333 g/mol. The van der Waals surface area contributed by atoms with Crippen molar-refractivity contribution in [3.8, 4) is 22.8 Å². The SMILES string of the molecule is COc1cccc(C)c1-n1c(C)nnc1-c1cncc(C(F)(F)F)c1. The number of pyridine rings is 1. The van der Waals surface area contributed by atoms with Crippen LogP contribution in [0.4, 0.5) is 13.2 Å². The molecule has 0 fully saturated rings. The lowest BCUT2D eigenvalue weighted by atomic mass is 10.1. The fourth-order valence-corrected chi connectivity index (χ4v) is 2.62. The van der Waals surface area contributed by atoms with Crippen molar-refractivity contribution in [2.45, 2.75) is 20.0 Å². The van der Waals surface area contributed by atoms with E-state index in [0.717, 1.165) is 17.8 Å². The standard InChI is InChI=1S/C17H15F3N4O/c1-10-5-4-6-14(25-3)15(10)24-11(2)22-23-16(24)12-7-13(9-21-8-12)17(18,19)20/h4-9H,1-3H3. The van der Waals surface area contributed by atoms with Crippen LogP contribution in [0, 0.1) is 13.8 Å². The van der Waals surface area contributed by atoms with E-state index in [2.05, 4.69) is 15.2 Å². The monoisotopic (exact) mass is 348 g/mol. The summed E-state index contributed by atoms with van der Waals surface area (Å²) in [6.45, 7) is 3.61. The van der Waals surface area contributed by atoms with Crippen LogP contribution in [0.15, 0.2) is 36.7 Å². The van der Waals surface area contributed by atoms with Gasteiger partial charge in [0, 0.05) is 18.0 Å². The van der Waals surface area contributed by atoms with Gasteiger partial charge in [-0.15, -0.1) is 10.2 Å². The number of methoxy groups -OCH3 is 1. The summed E-state index contributed by atoms with van der Waals surface area (Å²) in [5, 5.41) is 8.08. The first-order valence-corrected chi connectivity index (χ1v) is 7.41. The summed E-state index contributed by atoms with van der Waals surface area (Å²) < 4.78 is 46.1. The summed E-state index contributed by atoms with van der Waals surface area (Å²) in [5.74, 6) is 1.37. The number of aryl methyl sites for hydroxylation is 2. The van der Waals surface area contributed by atoms with E-state index in [-0.39, 0.29) is 11.4 Å². The van der Waals surface area contributed by atoms with E-state index < -0.39 is 11.7 Å². The number of hydrogen-bond acceptors (Lipinski definition) is 4. The van der Waals surface area contributed by atoms with E-state index >= 15 is 0 Å². The Balaban J connectivity index is 2.24. The van der Waals surface area contributed by atoms with Gasteiger partial charge in [0.15, 0.2) is 5.82 Å². The largest absolute Gasteiger partial charge is 0.495 e. The molecule has 0 radical (unpaired) electrons. The molecule has 8 heteroatoms. The lowest BCUT2D eigenvalue weighted by molar-refractivity contribution is -0.137. The smallest absolute Gasteiger partial charge is 0.417 e. The van der Waals surface area contributed by atoms with Gasteiger partial charge in [-0.2, -0.15) is 13.2 Å². The summed E-state index contributed by atoms with van der Waals surface area (Å²) in [5.41, 5.74) is 0.943. The van der Waals surface area contributed by atoms with Crippen LogP contribution in [0.25, 0.3) is 17.1 Å². The molecule has 0 amide bonds. The average molecular weight is 348 g/mol. The van der Waals surface area contributed by atoms with Gasteiger partial charge in [0.2, 0.25) is 0 Å². The van der Waals surface area contributed by atoms with Gasteiger partial charge in [0.1, 0.15) is 11.6 Å². The van der Waals surface area contributed by atoms with Gasteiger partial charge in [0.05, 0.1) is 18.4 Å². The maximum absolute atomic E-state index is 13.0. The number of halogens is 3. The topological polar surface area (TPSA) is 52.8 Å². The molecule has 0 N–H and O–H groups in total. The molecule has 1 aromatic carbocycles. The molecule has 5 nitrogen and oxygen atoms in total. The Morgan fingerprint density at radius 3 is 2.52 bits per heavy atom. The highest BCUT2D eigenvalue weighted by molar-refractivity contribution is 5.63. The number of nitrogens with zero attached hydrogens (tertiary/aromatic N) is 4. The van der Waals surface area contributed by atoms with Gasteiger partial charge in [0.25, 0.3) is 0 Å². The predicted molar refractivity (Wildman–Crippen MR) is 85.6 cm³/mol. The summed E-state index contributed by atoms with van der Waals surface area (Å²) in [6.07, 6.45) is -2.37. The molecule has 3 aromatic rings. The van der Waals surface area contributed by atoms with Crippen LogP contribution < -0.4 is 4.74 Å². The van der Waals surface area contributed by atoms with Gasteiger partial charge in [-0.3, -0.25) is 9.55 Å². The Morgan fingerprint density at radius 1 is 1.08 bits per heavy atom. The number of alkyl halides is 3. The van der Waals surface area contributed by atoms with Crippen LogP contribution in [-0.4, -0.2) is 26.9 Å². The quantitative estimate of drug-likeness (QED) is 0.719. The van der Waals surface area contributed by atoms with Crippen LogP contribution in [-0.2, 0) is 6.18 Å². The van der Waals surface area contributed by atoms with E-state index in [0.29, 0.717) is 17.3 Å². The zero-order chi connectivity index (χ0) is 18.2. The van der Waals surface area contributed by atoms with Gasteiger partial charge in [-0.1, -0.05) is 12.1 Å². The summed E-state index contributed by atoms with van der Waals surface area (Å²) >= 11 is 0. The first kappa shape index (κ1) is 16.9. The Kier molecular flexibility index (Phi) is 4.20. The number of rotatable bonds is 3. The Labute approximate surface area is 142 Å². The van der Waals surface area contributed by atoms with Crippen molar-refractivity contribution in [2.75, 3.05) is 7.11 Å². The molecular formula is C17H15F3N4O. The molecule has 0 aliphatic rings. The van der Waals surface area contributed by atoms with Crippen molar-refractivity contribution >= 4 is 0 Å². The zero-order valence-corrected chi connectivity index (χ0v) is 13.8.